The minimum Gasteiger partial charge on any atom is -0.444 e. The molecule has 0 aromatic carbocycles. The Balaban J connectivity index is 1.48. The first-order valence-corrected chi connectivity index (χ1v) is 10.3. The molecule has 1 aliphatic carbocycles. The highest BCUT2D eigenvalue weighted by atomic mass is 32.1. The van der Waals surface area contributed by atoms with E-state index in [1.165, 1.54) is 35.4 Å². The highest BCUT2D eigenvalue weighted by Crippen LogP contribution is 2.29. The number of thiophene rings is 1. The van der Waals surface area contributed by atoms with Crippen LogP contribution in [0.3, 0.4) is 0 Å². The van der Waals surface area contributed by atoms with Gasteiger partial charge in [0.05, 0.1) is 4.88 Å². The first kappa shape index (κ1) is 19.6. The van der Waals surface area contributed by atoms with Crippen LogP contribution in [-0.2, 0) is 17.6 Å². The minimum absolute atomic E-state index is 0.0896. The summed E-state index contributed by atoms with van der Waals surface area (Å²) in [6.45, 7) is 6.41. The second-order valence-electron chi connectivity index (χ2n) is 7.84. The number of carbonyl (C=O) groups is 2. The average molecular weight is 390 g/mol. The van der Waals surface area contributed by atoms with Crippen LogP contribution in [-0.4, -0.2) is 35.7 Å². The highest BCUT2D eigenvalue weighted by Gasteiger charge is 2.17. The molecular weight excluding hydrogens is 362 g/mol. The molecule has 0 radical (unpaired) electrons. The van der Waals surface area contributed by atoms with Gasteiger partial charge in [-0.1, -0.05) is 0 Å². The van der Waals surface area contributed by atoms with E-state index in [0.29, 0.717) is 24.4 Å². The third kappa shape index (κ3) is 5.42. The maximum atomic E-state index is 12.4. The van der Waals surface area contributed by atoms with E-state index < -0.39 is 11.7 Å². The molecule has 2 aromatic heterocycles. The molecule has 0 aliphatic heterocycles. The first-order chi connectivity index (χ1) is 12.8. The molecule has 0 bridgehead atoms. The lowest BCUT2D eigenvalue weighted by molar-refractivity contribution is 0.0527. The van der Waals surface area contributed by atoms with Gasteiger partial charge in [0, 0.05) is 24.2 Å². The van der Waals surface area contributed by atoms with Crippen molar-refractivity contribution in [3.05, 3.63) is 28.3 Å². The molecular formula is C20H27N3O3S. The van der Waals surface area contributed by atoms with Gasteiger partial charge in [0.15, 0.2) is 0 Å². The smallest absolute Gasteiger partial charge is 0.407 e. The van der Waals surface area contributed by atoms with Crippen molar-refractivity contribution in [3.8, 4) is 0 Å². The average Bonchev–Trinajstić information content (AvgIpc) is 3.00. The van der Waals surface area contributed by atoms with Gasteiger partial charge in [0.1, 0.15) is 10.4 Å². The molecule has 2 heterocycles. The SMILES string of the molecule is CC(C)(C)OC(=O)NCCCNC(=O)c1cc2cc3c(nc2s1)CCCC3. The molecule has 0 saturated heterocycles. The minimum atomic E-state index is -0.507. The van der Waals surface area contributed by atoms with Gasteiger partial charge >= 0.3 is 6.09 Å². The standard InChI is InChI=1S/C20H27N3O3S/c1-20(2,3)26-19(25)22-10-6-9-21-17(24)16-12-14-11-13-7-4-5-8-15(13)23-18(14)27-16/h11-12H,4-10H2,1-3H3,(H,21,24)(H,22,25). The predicted octanol–water partition coefficient (Wildman–Crippen LogP) is 3.82. The van der Waals surface area contributed by atoms with Crippen LogP contribution in [0.2, 0.25) is 0 Å². The van der Waals surface area contributed by atoms with Crippen molar-refractivity contribution in [2.45, 2.75) is 58.5 Å². The van der Waals surface area contributed by atoms with Crippen LogP contribution < -0.4 is 10.6 Å². The Kier molecular flexibility index (Phi) is 5.99. The third-order valence-corrected chi connectivity index (χ3v) is 5.36. The van der Waals surface area contributed by atoms with Crippen molar-refractivity contribution in [2.75, 3.05) is 13.1 Å². The Morgan fingerprint density at radius 3 is 2.67 bits per heavy atom. The third-order valence-electron chi connectivity index (χ3n) is 4.32. The van der Waals surface area contributed by atoms with Crippen molar-refractivity contribution in [3.63, 3.8) is 0 Å². The van der Waals surface area contributed by atoms with Crippen molar-refractivity contribution < 1.29 is 14.3 Å². The van der Waals surface area contributed by atoms with Crippen molar-refractivity contribution in [2.24, 2.45) is 0 Å². The second-order valence-corrected chi connectivity index (χ2v) is 8.88. The van der Waals surface area contributed by atoms with E-state index in [9.17, 15) is 9.59 Å². The molecule has 1 aliphatic rings. The van der Waals surface area contributed by atoms with Crippen molar-refractivity contribution in [1.29, 1.82) is 0 Å². The number of hydrogen-bond donors (Lipinski definition) is 2. The highest BCUT2D eigenvalue weighted by molar-refractivity contribution is 7.20. The summed E-state index contributed by atoms with van der Waals surface area (Å²) in [5, 5.41) is 6.64. The van der Waals surface area contributed by atoms with E-state index in [-0.39, 0.29) is 5.91 Å². The molecule has 0 spiro atoms. The number of hydrogen-bond acceptors (Lipinski definition) is 5. The molecule has 0 fully saturated rings. The fourth-order valence-corrected chi connectivity index (χ4v) is 4.04. The summed E-state index contributed by atoms with van der Waals surface area (Å²) in [6.07, 6.45) is 4.74. The van der Waals surface area contributed by atoms with Gasteiger partial charge in [-0.2, -0.15) is 0 Å². The van der Waals surface area contributed by atoms with Crippen LogP contribution in [0.25, 0.3) is 10.2 Å². The second kappa shape index (κ2) is 8.25. The van der Waals surface area contributed by atoms with E-state index in [4.69, 9.17) is 9.72 Å². The lowest BCUT2D eigenvalue weighted by atomic mass is 9.96. The number of nitrogens with one attached hydrogen (secondary N) is 2. The van der Waals surface area contributed by atoms with Crippen LogP contribution in [0.15, 0.2) is 12.1 Å². The van der Waals surface area contributed by atoms with Crippen molar-refractivity contribution >= 4 is 33.6 Å². The summed E-state index contributed by atoms with van der Waals surface area (Å²) < 4.78 is 5.17. The Morgan fingerprint density at radius 1 is 1.15 bits per heavy atom. The van der Waals surface area contributed by atoms with Gasteiger partial charge in [0.25, 0.3) is 5.91 Å². The van der Waals surface area contributed by atoms with E-state index in [1.54, 1.807) is 0 Å². The quantitative estimate of drug-likeness (QED) is 0.762. The van der Waals surface area contributed by atoms with Gasteiger partial charge in [-0.25, -0.2) is 9.78 Å². The number of amides is 2. The van der Waals surface area contributed by atoms with Crippen molar-refractivity contribution in [1.82, 2.24) is 15.6 Å². The van der Waals surface area contributed by atoms with E-state index in [0.717, 1.165) is 23.1 Å². The Bertz CT molecular complexity index is 796. The molecule has 0 atom stereocenters. The number of ether oxygens (including phenoxy) is 1. The van der Waals surface area contributed by atoms with Gasteiger partial charge in [-0.3, -0.25) is 4.79 Å². The molecule has 27 heavy (non-hydrogen) atoms. The number of alkyl carbamates (subject to hydrolysis) is 1. The summed E-state index contributed by atoms with van der Waals surface area (Å²) in [4.78, 5) is 30.3. The van der Waals surface area contributed by atoms with Gasteiger partial charge < -0.3 is 15.4 Å². The largest absolute Gasteiger partial charge is 0.444 e. The zero-order chi connectivity index (χ0) is 19.4. The summed E-state index contributed by atoms with van der Waals surface area (Å²) in [6, 6.07) is 4.12. The van der Waals surface area contributed by atoms with E-state index in [1.807, 2.05) is 26.8 Å². The normalized spacial score (nSPS) is 13.9. The topological polar surface area (TPSA) is 80.3 Å². The molecule has 2 amide bonds. The first-order valence-electron chi connectivity index (χ1n) is 9.49. The molecule has 6 nitrogen and oxygen atoms in total. The number of fused-ring (bicyclic) bond motifs is 2. The number of pyridine rings is 1. The van der Waals surface area contributed by atoms with Crippen LogP contribution >= 0.6 is 11.3 Å². The molecule has 146 valence electrons. The number of rotatable bonds is 5. The predicted molar refractivity (Wildman–Crippen MR) is 107 cm³/mol. The fourth-order valence-electron chi connectivity index (χ4n) is 3.09. The molecule has 0 saturated carbocycles. The number of nitrogens with zero attached hydrogens (tertiary/aromatic N) is 1. The van der Waals surface area contributed by atoms with Gasteiger partial charge in [-0.05, 0) is 70.6 Å². The lowest BCUT2D eigenvalue weighted by Crippen LogP contribution is -2.34. The Labute approximate surface area is 163 Å². The summed E-state index contributed by atoms with van der Waals surface area (Å²) in [5.41, 5.74) is 2.01. The molecule has 7 heteroatoms. The number of carbonyl (C=O) groups excluding carboxylic acids is 2. The van der Waals surface area contributed by atoms with Crippen LogP contribution in [0, 0.1) is 0 Å². The monoisotopic (exact) mass is 389 g/mol. The summed E-state index contributed by atoms with van der Waals surface area (Å²) in [5.74, 6) is -0.0896. The fraction of sp³-hybridized carbons (Fsp3) is 0.550. The molecule has 2 aromatic rings. The maximum absolute atomic E-state index is 12.4. The van der Waals surface area contributed by atoms with E-state index in [2.05, 4.69) is 16.7 Å². The van der Waals surface area contributed by atoms with E-state index >= 15 is 0 Å². The summed E-state index contributed by atoms with van der Waals surface area (Å²) in [7, 11) is 0. The molecule has 2 N–H and O–H groups in total. The Morgan fingerprint density at radius 2 is 1.89 bits per heavy atom. The molecule has 0 unspecified atom stereocenters. The van der Waals surface area contributed by atoms with Crippen LogP contribution in [0.1, 0.15) is 61.0 Å². The molecule has 3 rings (SSSR count). The van der Waals surface area contributed by atoms with Gasteiger partial charge in [0.2, 0.25) is 0 Å². The zero-order valence-corrected chi connectivity index (χ0v) is 17.0. The summed E-state index contributed by atoms with van der Waals surface area (Å²) >= 11 is 1.44. The zero-order valence-electron chi connectivity index (χ0n) is 16.2. The van der Waals surface area contributed by atoms with Gasteiger partial charge in [-0.15, -0.1) is 11.3 Å². The Hall–Kier alpha value is -2.15. The maximum Gasteiger partial charge on any atom is 0.407 e. The lowest BCUT2D eigenvalue weighted by Gasteiger charge is -2.19. The van der Waals surface area contributed by atoms with Crippen LogP contribution in [0.5, 0.6) is 0 Å². The number of aryl methyl sites for hydroxylation is 2. The number of aromatic nitrogens is 1. The van der Waals surface area contributed by atoms with Crippen LogP contribution in [0.4, 0.5) is 4.79 Å².